The minimum Gasteiger partial charge on any atom is -0.359 e. The van der Waals surface area contributed by atoms with Crippen molar-refractivity contribution in [3.05, 3.63) is 23.7 Å². The van der Waals surface area contributed by atoms with E-state index >= 15 is 0 Å². The van der Waals surface area contributed by atoms with Gasteiger partial charge in [-0.05, 0) is 44.1 Å². The van der Waals surface area contributed by atoms with Crippen molar-refractivity contribution < 1.29 is 4.52 Å². The van der Waals surface area contributed by atoms with E-state index in [0.29, 0.717) is 23.9 Å². The van der Waals surface area contributed by atoms with E-state index in [4.69, 9.17) is 10.3 Å². The summed E-state index contributed by atoms with van der Waals surface area (Å²) >= 11 is 0. The molecule has 1 fully saturated rings. The van der Waals surface area contributed by atoms with Gasteiger partial charge in [0.25, 0.3) is 0 Å². The summed E-state index contributed by atoms with van der Waals surface area (Å²) in [5.74, 6) is 1.38. The fourth-order valence-corrected chi connectivity index (χ4v) is 3.76. The van der Waals surface area contributed by atoms with E-state index in [1.165, 1.54) is 12.8 Å². The third kappa shape index (κ3) is 3.54. The summed E-state index contributed by atoms with van der Waals surface area (Å²) in [4.78, 5) is 0. The molecule has 2 heterocycles. The van der Waals surface area contributed by atoms with E-state index in [1.54, 1.807) is 0 Å². The number of nitrogens with one attached hydrogen (secondary N) is 1. The van der Waals surface area contributed by atoms with Crippen molar-refractivity contribution in [2.45, 2.75) is 52.6 Å². The highest BCUT2D eigenvalue weighted by Crippen LogP contribution is 2.38. The second-order valence-electron chi connectivity index (χ2n) is 7.84. The molecular formula is C18H29N5O. The summed E-state index contributed by atoms with van der Waals surface area (Å²) in [7, 11) is 1.93. The molecule has 0 radical (unpaired) electrons. The lowest BCUT2D eigenvalue weighted by molar-refractivity contribution is 0.139. The van der Waals surface area contributed by atoms with Gasteiger partial charge in [-0.1, -0.05) is 19.0 Å². The number of aryl methyl sites for hydroxylation is 1. The number of hydrogen-bond donors (Lipinski definition) is 2. The van der Waals surface area contributed by atoms with Gasteiger partial charge in [-0.3, -0.25) is 4.68 Å². The van der Waals surface area contributed by atoms with Crippen LogP contribution in [0.3, 0.4) is 0 Å². The van der Waals surface area contributed by atoms with E-state index < -0.39 is 0 Å². The number of aromatic nitrogens is 3. The molecule has 0 saturated heterocycles. The third-order valence-electron chi connectivity index (χ3n) is 5.43. The first kappa shape index (κ1) is 17.2. The van der Waals surface area contributed by atoms with Crippen molar-refractivity contribution in [2.24, 2.45) is 24.1 Å². The van der Waals surface area contributed by atoms with Crippen LogP contribution in [0, 0.1) is 18.3 Å². The Labute approximate surface area is 143 Å². The summed E-state index contributed by atoms with van der Waals surface area (Å²) in [6.07, 6.45) is 5.41. The molecule has 132 valence electrons. The monoisotopic (exact) mass is 331 g/mol. The lowest BCUT2D eigenvalue weighted by Gasteiger charge is -2.40. The molecule has 0 bridgehead atoms. The lowest BCUT2D eigenvalue weighted by Crippen LogP contribution is -2.45. The Hall–Kier alpha value is -1.66. The average Bonchev–Trinajstić information content (AvgIpc) is 3.13. The second-order valence-corrected chi connectivity index (χ2v) is 7.84. The highest BCUT2D eigenvalue weighted by molar-refractivity contribution is 5.60. The summed E-state index contributed by atoms with van der Waals surface area (Å²) < 4.78 is 7.35. The smallest absolute Gasteiger partial charge is 0.151 e. The molecule has 0 aromatic carbocycles. The van der Waals surface area contributed by atoms with E-state index in [-0.39, 0.29) is 0 Å². The summed E-state index contributed by atoms with van der Waals surface area (Å²) in [6, 6.07) is 2.46. The van der Waals surface area contributed by atoms with Gasteiger partial charge in [-0.2, -0.15) is 5.10 Å². The summed E-state index contributed by atoms with van der Waals surface area (Å²) in [5.41, 5.74) is 9.35. The van der Waals surface area contributed by atoms with Gasteiger partial charge in [0.1, 0.15) is 5.69 Å². The fourth-order valence-electron chi connectivity index (χ4n) is 3.76. The normalized spacial score (nSPS) is 23.5. The molecule has 24 heavy (non-hydrogen) atoms. The van der Waals surface area contributed by atoms with Crippen molar-refractivity contribution in [1.82, 2.24) is 20.3 Å². The number of nitrogens with zero attached hydrogens (tertiary/aromatic N) is 3. The highest BCUT2D eigenvalue weighted by Gasteiger charge is 2.33. The maximum atomic E-state index is 6.00. The average molecular weight is 331 g/mol. The van der Waals surface area contributed by atoms with Gasteiger partial charge in [0.05, 0.1) is 12.7 Å². The van der Waals surface area contributed by atoms with Crippen LogP contribution in [0.15, 0.2) is 16.8 Å². The number of rotatable bonds is 5. The molecule has 1 aliphatic rings. The molecule has 1 saturated carbocycles. The molecule has 3 rings (SSSR count). The van der Waals surface area contributed by atoms with Crippen LogP contribution in [0.4, 0.5) is 0 Å². The summed E-state index contributed by atoms with van der Waals surface area (Å²) in [6.45, 7) is 8.13. The first-order chi connectivity index (χ1) is 11.4. The number of nitrogens with two attached hydrogens (primary N) is 1. The maximum absolute atomic E-state index is 6.00. The molecule has 6 nitrogen and oxygen atoms in total. The Morgan fingerprint density at radius 3 is 2.92 bits per heavy atom. The molecule has 2 aromatic rings. The van der Waals surface area contributed by atoms with E-state index in [9.17, 15) is 0 Å². The largest absolute Gasteiger partial charge is 0.359 e. The predicted molar refractivity (Wildman–Crippen MR) is 94.2 cm³/mol. The Balaban J connectivity index is 1.62. The Kier molecular flexibility index (Phi) is 4.78. The van der Waals surface area contributed by atoms with Gasteiger partial charge in [-0.15, -0.1) is 0 Å². The van der Waals surface area contributed by atoms with Crippen molar-refractivity contribution in [1.29, 1.82) is 0 Å². The zero-order valence-corrected chi connectivity index (χ0v) is 15.2. The zero-order valence-electron chi connectivity index (χ0n) is 15.2. The van der Waals surface area contributed by atoms with Crippen LogP contribution in [0.25, 0.3) is 11.3 Å². The van der Waals surface area contributed by atoms with Gasteiger partial charge in [-0.25, -0.2) is 0 Å². The molecular weight excluding hydrogens is 302 g/mol. The highest BCUT2D eigenvalue weighted by atomic mass is 16.5. The van der Waals surface area contributed by atoms with Crippen molar-refractivity contribution >= 4 is 0 Å². The lowest BCUT2D eigenvalue weighted by atomic mass is 9.70. The third-order valence-corrected chi connectivity index (χ3v) is 5.43. The van der Waals surface area contributed by atoms with Crippen molar-refractivity contribution in [2.75, 3.05) is 6.54 Å². The molecule has 2 atom stereocenters. The van der Waals surface area contributed by atoms with Crippen LogP contribution in [0.5, 0.6) is 0 Å². The zero-order chi connectivity index (χ0) is 17.3. The van der Waals surface area contributed by atoms with Crippen LogP contribution in [0.2, 0.25) is 0 Å². The molecule has 0 amide bonds. The standard InChI is InChI=1S/C18H29N5O/c1-12-15(11-21-23(12)4)17-7-14(24-22-17)10-20-16-5-6-18(2,3)8-13(16)9-19/h7,11,13,16,20H,5-6,8-10,19H2,1-4H3. The Morgan fingerprint density at radius 1 is 1.46 bits per heavy atom. The number of hydrogen-bond acceptors (Lipinski definition) is 5. The topological polar surface area (TPSA) is 81.9 Å². The maximum Gasteiger partial charge on any atom is 0.151 e. The molecule has 3 N–H and O–H groups in total. The van der Waals surface area contributed by atoms with Gasteiger partial charge >= 0.3 is 0 Å². The van der Waals surface area contributed by atoms with Gasteiger partial charge in [0, 0.05) is 30.4 Å². The van der Waals surface area contributed by atoms with Crippen LogP contribution in [-0.4, -0.2) is 27.5 Å². The Morgan fingerprint density at radius 2 is 2.25 bits per heavy atom. The quantitative estimate of drug-likeness (QED) is 0.880. The molecule has 2 unspecified atom stereocenters. The van der Waals surface area contributed by atoms with E-state index in [0.717, 1.165) is 35.7 Å². The van der Waals surface area contributed by atoms with Gasteiger partial charge in [0.2, 0.25) is 0 Å². The fraction of sp³-hybridized carbons (Fsp3) is 0.667. The molecule has 2 aromatic heterocycles. The van der Waals surface area contributed by atoms with Crippen LogP contribution >= 0.6 is 0 Å². The van der Waals surface area contributed by atoms with Gasteiger partial charge in [0.15, 0.2) is 5.76 Å². The molecule has 6 heteroatoms. The molecule has 0 aliphatic heterocycles. The first-order valence-electron chi connectivity index (χ1n) is 8.77. The Bertz CT molecular complexity index is 687. The van der Waals surface area contributed by atoms with Crippen molar-refractivity contribution in [3.63, 3.8) is 0 Å². The van der Waals surface area contributed by atoms with Crippen LogP contribution in [-0.2, 0) is 13.6 Å². The first-order valence-corrected chi connectivity index (χ1v) is 8.77. The van der Waals surface area contributed by atoms with Crippen LogP contribution in [0.1, 0.15) is 44.6 Å². The minimum absolute atomic E-state index is 0.402. The van der Waals surface area contributed by atoms with E-state index in [1.807, 2.05) is 30.9 Å². The van der Waals surface area contributed by atoms with Crippen LogP contribution < -0.4 is 11.1 Å². The van der Waals surface area contributed by atoms with Gasteiger partial charge < -0.3 is 15.6 Å². The van der Waals surface area contributed by atoms with Crippen molar-refractivity contribution in [3.8, 4) is 11.3 Å². The predicted octanol–water partition coefficient (Wildman–Crippen LogP) is 2.63. The SMILES string of the molecule is Cc1c(-c2cc(CNC3CCC(C)(C)CC3CN)on2)cnn1C. The molecule has 1 aliphatic carbocycles. The van der Waals surface area contributed by atoms with E-state index in [2.05, 4.69) is 29.4 Å². The summed E-state index contributed by atoms with van der Waals surface area (Å²) in [5, 5.41) is 12.1. The second kappa shape index (κ2) is 6.69. The molecule has 0 spiro atoms. The minimum atomic E-state index is 0.402.